The Kier molecular flexibility index (Phi) is 6.16. The Morgan fingerprint density at radius 3 is 2.57 bits per heavy atom. The van der Waals surface area contributed by atoms with Crippen molar-refractivity contribution in [3.63, 3.8) is 0 Å². The number of nitrogens with zero attached hydrogens (tertiary/aromatic N) is 2. The van der Waals surface area contributed by atoms with E-state index < -0.39 is 0 Å². The zero-order chi connectivity index (χ0) is 16.2. The molecule has 2 atom stereocenters. The van der Waals surface area contributed by atoms with E-state index in [0.717, 1.165) is 13.0 Å². The minimum absolute atomic E-state index is 0.0136. The SMILES string of the molecule is CCC(C)(C)NC(=O)C(C)N1CCNCC1C(=O)N(C)C. The molecule has 21 heavy (non-hydrogen) atoms. The molecule has 0 saturated carbocycles. The molecule has 0 spiro atoms. The number of hydrogen-bond donors (Lipinski definition) is 2. The molecule has 2 unspecified atom stereocenters. The number of carbonyl (C=O) groups is 2. The van der Waals surface area contributed by atoms with Crippen molar-refractivity contribution in [3.8, 4) is 0 Å². The molecule has 1 heterocycles. The molecular formula is C15H30N4O2. The Bertz CT molecular complexity index is 382. The third-order valence-electron chi connectivity index (χ3n) is 4.23. The number of piperazine rings is 1. The van der Waals surface area contributed by atoms with E-state index in [0.29, 0.717) is 13.1 Å². The second-order valence-corrected chi connectivity index (χ2v) is 6.59. The summed E-state index contributed by atoms with van der Waals surface area (Å²) < 4.78 is 0. The summed E-state index contributed by atoms with van der Waals surface area (Å²) in [6, 6.07) is -0.592. The normalized spacial score (nSPS) is 21.7. The van der Waals surface area contributed by atoms with Crippen molar-refractivity contribution in [2.45, 2.75) is 51.7 Å². The molecule has 6 heteroatoms. The van der Waals surface area contributed by atoms with Crippen molar-refractivity contribution >= 4 is 11.8 Å². The molecule has 0 aromatic rings. The molecule has 1 aliphatic rings. The Morgan fingerprint density at radius 1 is 1.43 bits per heavy atom. The molecule has 0 aromatic heterocycles. The Balaban J connectivity index is 2.79. The topological polar surface area (TPSA) is 64.7 Å². The zero-order valence-electron chi connectivity index (χ0n) is 14.2. The average Bonchev–Trinajstić information content (AvgIpc) is 2.45. The highest BCUT2D eigenvalue weighted by molar-refractivity contribution is 5.85. The maximum absolute atomic E-state index is 12.5. The van der Waals surface area contributed by atoms with Crippen LogP contribution in [0.4, 0.5) is 0 Å². The largest absolute Gasteiger partial charge is 0.350 e. The summed E-state index contributed by atoms with van der Waals surface area (Å²) in [5, 5.41) is 6.30. The number of carbonyl (C=O) groups excluding carboxylic acids is 2. The summed E-state index contributed by atoms with van der Waals surface area (Å²) in [6.45, 7) is 10.0. The molecule has 122 valence electrons. The van der Waals surface area contributed by atoms with Crippen molar-refractivity contribution in [2.24, 2.45) is 0 Å². The summed E-state index contributed by atoms with van der Waals surface area (Å²) in [6.07, 6.45) is 0.868. The van der Waals surface area contributed by atoms with Crippen LogP contribution in [-0.2, 0) is 9.59 Å². The minimum atomic E-state index is -0.313. The van der Waals surface area contributed by atoms with Gasteiger partial charge in [-0.2, -0.15) is 0 Å². The van der Waals surface area contributed by atoms with Gasteiger partial charge in [0.2, 0.25) is 11.8 Å². The summed E-state index contributed by atoms with van der Waals surface area (Å²) in [5.74, 6) is 0.0249. The fourth-order valence-electron chi connectivity index (χ4n) is 2.39. The quantitative estimate of drug-likeness (QED) is 0.752. The van der Waals surface area contributed by atoms with Gasteiger partial charge in [0.05, 0.1) is 6.04 Å². The lowest BCUT2D eigenvalue weighted by Gasteiger charge is -2.40. The van der Waals surface area contributed by atoms with Gasteiger partial charge in [0.15, 0.2) is 0 Å². The molecule has 1 rings (SSSR count). The lowest BCUT2D eigenvalue weighted by molar-refractivity contribution is -0.139. The zero-order valence-corrected chi connectivity index (χ0v) is 14.2. The second kappa shape index (κ2) is 7.22. The first-order valence-corrected chi connectivity index (χ1v) is 7.69. The van der Waals surface area contributed by atoms with E-state index in [1.54, 1.807) is 19.0 Å². The first-order valence-electron chi connectivity index (χ1n) is 7.69. The van der Waals surface area contributed by atoms with Crippen LogP contribution in [0.15, 0.2) is 0 Å². The van der Waals surface area contributed by atoms with Crippen molar-refractivity contribution in [1.29, 1.82) is 0 Å². The van der Waals surface area contributed by atoms with E-state index >= 15 is 0 Å². The maximum atomic E-state index is 12.5. The predicted octanol–water partition coefficient (Wildman–Crippen LogP) is 0.0417. The van der Waals surface area contributed by atoms with Crippen LogP contribution in [0.25, 0.3) is 0 Å². The minimum Gasteiger partial charge on any atom is -0.350 e. The Hall–Kier alpha value is -1.14. The lowest BCUT2D eigenvalue weighted by Crippen LogP contribution is -2.63. The maximum Gasteiger partial charge on any atom is 0.240 e. The van der Waals surface area contributed by atoms with E-state index in [9.17, 15) is 9.59 Å². The van der Waals surface area contributed by atoms with Crippen LogP contribution < -0.4 is 10.6 Å². The molecule has 1 aliphatic heterocycles. The predicted molar refractivity (Wildman–Crippen MR) is 84.0 cm³/mol. The van der Waals surface area contributed by atoms with Crippen LogP contribution in [0.1, 0.15) is 34.1 Å². The van der Waals surface area contributed by atoms with Crippen molar-refractivity contribution < 1.29 is 9.59 Å². The smallest absolute Gasteiger partial charge is 0.240 e. The lowest BCUT2D eigenvalue weighted by atomic mass is 10.0. The average molecular weight is 298 g/mol. The molecule has 1 fully saturated rings. The monoisotopic (exact) mass is 298 g/mol. The summed E-state index contributed by atoms with van der Waals surface area (Å²) >= 11 is 0. The third kappa shape index (κ3) is 4.68. The van der Waals surface area contributed by atoms with Crippen LogP contribution >= 0.6 is 0 Å². The molecule has 0 bridgehead atoms. The fraction of sp³-hybridized carbons (Fsp3) is 0.867. The molecule has 1 saturated heterocycles. The van der Waals surface area contributed by atoms with Gasteiger partial charge in [-0.25, -0.2) is 0 Å². The number of likely N-dealkylation sites (N-methyl/N-ethyl adjacent to an activating group) is 1. The summed E-state index contributed by atoms with van der Waals surface area (Å²) in [4.78, 5) is 28.3. The van der Waals surface area contributed by atoms with E-state index in [2.05, 4.69) is 10.6 Å². The second-order valence-electron chi connectivity index (χ2n) is 6.59. The molecule has 0 aromatic carbocycles. The number of amides is 2. The first kappa shape index (κ1) is 17.9. The molecule has 6 nitrogen and oxygen atoms in total. The van der Waals surface area contributed by atoms with Crippen LogP contribution in [0, 0.1) is 0 Å². The third-order valence-corrected chi connectivity index (χ3v) is 4.23. The number of hydrogen-bond acceptors (Lipinski definition) is 4. The first-order chi connectivity index (χ1) is 9.69. The molecule has 0 radical (unpaired) electrons. The molecular weight excluding hydrogens is 268 g/mol. The summed E-state index contributed by atoms with van der Waals surface area (Å²) in [5.41, 5.74) is -0.222. The van der Waals surface area contributed by atoms with Crippen LogP contribution in [0.3, 0.4) is 0 Å². The fourth-order valence-corrected chi connectivity index (χ4v) is 2.39. The van der Waals surface area contributed by atoms with Gasteiger partial charge in [0.25, 0.3) is 0 Å². The Labute approximate surface area is 128 Å². The highest BCUT2D eigenvalue weighted by Gasteiger charge is 2.36. The molecule has 0 aliphatic carbocycles. The summed E-state index contributed by atoms with van der Waals surface area (Å²) in [7, 11) is 3.50. The standard InChI is InChI=1S/C15H30N4O2/c1-7-15(3,4)17-13(20)11(2)19-9-8-16-10-12(19)14(21)18(5)6/h11-12,16H,7-10H2,1-6H3,(H,17,20). The van der Waals surface area contributed by atoms with E-state index in [-0.39, 0.29) is 29.4 Å². The van der Waals surface area contributed by atoms with Crippen molar-refractivity contribution in [3.05, 3.63) is 0 Å². The highest BCUT2D eigenvalue weighted by Crippen LogP contribution is 2.13. The van der Waals surface area contributed by atoms with E-state index in [1.165, 1.54) is 0 Å². The van der Waals surface area contributed by atoms with Gasteiger partial charge in [0, 0.05) is 39.3 Å². The van der Waals surface area contributed by atoms with Gasteiger partial charge in [-0.15, -0.1) is 0 Å². The highest BCUT2D eigenvalue weighted by atomic mass is 16.2. The van der Waals surface area contributed by atoms with Gasteiger partial charge in [-0.3, -0.25) is 14.5 Å². The van der Waals surface area contributed by atoms with Crippen molar-refractivity contribution in [1.82, 2.24) is 20.4 Å². The van der Waals surface area contributed by atoms with Gasteiger partial charge in [-0.05, 0) is 27.2 Å². The van der Waals surface area contributed by atoms with Gasteiger partial charge >= 0.3 is 0 Å². The van der Waals surface area contributed by atoms with Crippen LogP contribution in [-0.4, -0.2) is 73.0 Å². The van der Waals surface area contributed by atoms with E-state index in [4.69, 9.17) is 0 Å². The molecule has 2 N–H and O–H groups in total. The Morgan fingerprint density at radius 2 is 2.05 bits per heavy atom. The van der Waals surface area contributed by atoms with Gasteiger partial charge in [-0.1, -0.05) is 6.92 Å². The number of nitrogens with one attached hydrogen (secondary N) is 2. The number of rotatable bonds is 5. The van der Waals surface area contributed by atoms with Gasteiger partial charge in [0.1, 0.15) is 6.04 Å². The molecule has 2 amide bonds. The van der Waals surface area contributed by atoms with Crippen LogP contribution in [0.2, 0.25) is 0 Å². The van der Waals surface area contributed by atoms with E-state index in [1.807, 2.05) is 32.6 Å². The van der Waals surface area contributed by atoms with Crippen molar-refractivity contribution in [2.75, 3.05) is 33.7 Å². The van der Waals surface area contributed by atoms with Gasteiger partial charge < -0.3 is 15.5 Å². The van der Waals surface area contributed by atoms with Crippen LogP contribution in [0.5, 0.6) is 0 Å².